The molecule has 0 spiro atoms. The number of hydrogen-bond donors (Lipinski definition) is 1. The van der Waals surface area contributed by atoms with Crippen LogP contribution in [0.5, 0.6) is 0 Å². The Morgan fingerprint density at radius 3 is 2.23 bits per heavy atom. The summed E-state index contributed by atoms with van der Waals surface area (Å²) in [5.74, 6) is 0.280. The maximum absolute atomic E-state index is 13.2. The minimum Gasteiger partial charge on any atom is -0.352 e. The Morgan fingerprint density at radius 1 is 1.00 bits per heavy atom. The van der Waals surface area contributed by atoms with E-state index in [-0.39, 0.29) is 17.9 Å². The van der Waals surface area contributed by atoms with Gasteiger partial charge in [-0.1, -0.05) is 74.8 Å². The van der Waals surface area contributed by atoms with Gasteiger partial charge in [0.05, 0.1) is 0 Å². The van der Waals surface area contributed by atoms with E-state index >= 15 is 0 Å². The summed E-state index contributed by atoms with van der Waals surface area (Å²) in [6, 6.07) is 15.3. The summed E-state index contributed by atoms with van der Waals surface area (Å²) in [6.45, 7) is 10.4. The summed E-state index contributed by atoms with van der Waals surface area (Å²) >= 11 is 6.34. The molecule has 2 aromatic rings. The first-order valence-electron chi connectivity index (χ1n) is 11.1. The Morgan fingerprint density at radius 2 is 1.65 bits per heavy atom. The summed E-state index contributed by atoms with van der Waals surface area (Å²) in [4.78, 5) is 27.6. The van der Waals surface area contributed by atoms with E-state index in [9.17, 15) is 9.59 Å². The van der Waals surface area contributed by atoms with E-state index in [0.717, 1.165) is 17.5 Å². The predicted octanol–water partition coefficient (Wildman–Crippen LogP) is 5.73. The predicted molar refractivity (Wildman–Crippen MR) is 128 cm³/mol. The van der Waals surface area contributed by atoms with Crippen molar-refractivity contribution in [1.29, 1.82) is 0 Å². The van der Waals surface area contributed by atoms with Crippen LogP contribution in [0, 0.1) is 0 Å². The average Bonchev–Trinajstić information content (AvgIpc) is 2.76. The second-order valence-corrected chi connectivity index (χ2v) is 8.91. The molecule has 0 radical (unpaired) electrons. The van der Waals surface area contributed by atoms with E-state index in [1.165, 1.54) is 5.56 Å². The molecule has 0 unspecified atom stereocenters. The summed E-state index contributed by atoms with van der Waals surface area (Å²) in [7, 11) is 0. The second kappa shape index (κ2) is 11.9. The fraction of sp³-hybridized carbons (Fsp3) is 0.462. The van der Waals surface area contributed by atoms with Crippen LogP contribution in [0.3, 0.4) is 0 Å². The van der Waals surface area contributed by atoms with Crippen LogP contribution in [0.15, 0.2) is 48.5 Å². The van der Waals surface area contributed by atoms with E-state index in [2.05, 4.69) is 43.4 Å². The molecular weight excluding hydrogens is 408 g/mol. The van der Waals surface area contributed by atoms with Crippen molar-refractivity contribution in [2.24, 2.45) is 0 Å². The molecule has 168 valence electrons. The molecule has 0 fully saturated rings. The number of nitrogens with zero attached hydrogens (tertiary/aromatic N) is 1. The minimum atomic E-state index is -0.582. The van der Waals surface area contributed by atoms with Crippen LogP contribution < -0.4 is 5.32 Å². The first kappa shape index (κ1) is 24.9. The van der Waals surface area contributed by atoms with Gasteiger partial charge in [-0.3, -0.25) is 9.59 Å². The van der Waals surface area contributed by atoms with Crippen molar-refractivity contribution < 1.29 is 9.59 Å². The third-order valence-corrected chi connectivity index (χ3v) is 6.11. The van der Waals surface area contributed by atoms with E-state index < -0.39 is 6.04 Å². The SMILES string of the molecule is CC[C@@H](C)NC(=O)[C@@H](C)N(Cc1ccccc1Cl)C(=O)CCc1ccc(C(C)C)cc1. The fourth-order valence-corrected chi connectivity index (χ4v) is 3.52. The molecule has 0 bridgehead atoms. The third-order valence-electron chi connectivity index (χ3n) is 5.74. The van der Waals surface area contributed by atoms with Crippen molar-refractivity contribution in [2.45, 2.75) is 78.4 Å². The molecule has 0 aliphatic rings. The number of carbonyl (C=O) groups is 2. The molecule has 2 aromatic carbocycles. The number of hydrogen-bond acceptors (Lipinski definition) is 2. The zero-order valence-electron chi connectivity index (χ0n) is 19.3. The number of rotatable bonds is 10. The van der Waals surface area contributed by atoms with Crippen molar-refractivity contribution in [3.63, 3.8) is 0 Å². The highest BCUT2D eigenvalue weighted by Crippen LogP contribution is 2.20. The van der Waals surface area contributed by atoms with E-state index in [1.807, 2.05) is 32.0 Å². The smallest absolute Gasteiger partial charge is 0.242 e. The van der Waals surface area contributed by atoms with Gasteiger partial charge >= 0.3 is 0 Å². The number of aryl methyl sites for hydroxylation is 1. The lowest BCUT2D eigenvalue weighted by molar-refractivity contribution is -0.140. The van der Waals surface area contributed by atoms with Crippen molar-refractivity contribution in [3.8, 4) is 0 Å². The monoisotopic (exact) mass is 442 g/mol. The number of halogens is 1. The zero-order valence-corrected chi connectivity index (χ0v) is 20.1. The van der Waals surface area contributed by atoms with Gasteiger partial charge in [0.25, 0.3) is 0 Å². The lowest BCUT2D eigenvalue weighted by atomic mass is 10.00. The Kier molecular flexibility index (Phi) is 9.57. The van der Waals surface area contributed by atoms with Crippen LogP contribution in [0.4, 0.5) is 0 Å². The molecule has 0 saturated heterocycles. The lowest BCUT2D eigenvalue weighted by Crippen LogP contribution is -2.49. The maximum atomic E-state index is 13.2. The first-order valence-corrected chi connectivity index (χ1v) is 11.5. The highest BCUT2D eigenvalue weighted by molar-refractivity contribution is 6.31. The molecule has 2 rings (SSSR count). The molecular formula is C26H35ClN2O2. The van der Waals surface area contributed by atoms with E-state index in [1.54, 1.807) is 17.9 Å². The topological polar surface area (TPSA) is 49.4 Å². The van der Waals surface area contributed by atoms with E-state index in [4.69, 9.17) is 11.6 Å². The van der Waals surface area contributed by atoms with Gasteiger partial charge in [0.1, 0.15) is 6.04 Å². The molecule has 0 aromatic heterocycles. The Hall–Kier alpha value is -2.33. The summed E-state index contributed by atoms with van der Waals surface area (Å²) < 4.78 is 0. The van der Waals surface area contributed by atoms with E-state index in [0.29, 0.717) is 30.3 Å². The van der Waals surface area contributed by atoms with Crippen molar-refractivity contribution in [1.82, 2.24) is 10.2 Å². The van der Waals surface area contributed by atoms with Crippen LogP contribution in [0.25, 0.3) is 0 Å². The molecule has 2 amide bonds. The number of benzene rings is 2. The van der Waals surface area contributed by atoms with Gasteiger partial charge in [-0.2, -0.15) is 0 Å². The van der Waals surface area contributed by atoms with Gasteiger partial charge in [0.2, 0.25) is 11.8 Å². The van der Waals surface area contributed by atoms with Crippen molar-refractivity contribution >= 4 is 23.4 Å². The molecule has 0 heterocycles. The maximum Gasteiger partial charge on any atom is 0.242 e. The Balaban J connectivity index is 2.14. The van der Waals surface area contributed by atoms with Gasteiger partial charge < -0.3 is 10.2 Å². The molecule has 0 saturated carbocycles. The molecule has 4 nitrogen and oxygen atoms in total. The molecule has 5 heteroatoms. The zero-order chi connectivity index (χ0) is 23.0. The summed E-state index contributed by atoms with van der Waals surface area (Å²) in [5.41, 5.74) is 3.24. The van der Waals surface area contributed by atoms with Crippen LogP contribution >= 0.6 is 11.6 Å². The van der Waals surface area contributed by atoms with Gasteiger partial charge in [-0.25, -0.2) is 0 Å². The molecule has 31 heavy (non-hydrogen) atoms. The number of nitrogens with one attached hydrogen (secondary N) is 1. The Bertz CT molecular complexity index is 864. The summed E-state index contributed by atoms with van der Waals surface area (Å²) in [5, 5.41) is 3.59. The van der Waals surface area contributed by atoms with Crippen molar-refractivity contribution in [2.75, 3.05) is 0 Å². The lowest BCUT2D eigenvalue weighted by Gasteiger charge is -2.30. The van der Waals surface area contributed by atoms with Crippen LogP contribution in [0.1, 0.15) is 70.1 Å². The molecule has 2 atom stereocenters. The van der Waals surface area contributed by atoms with Gasteiger partial charge in [0, 0.05) is 24.0 Å². The normalized spacial score (nSPS) is 13.0. The van der Waals surface area contributed by atoms with Crippen molar-refractivity contribution in [3.05, 3.63) is 70.2 Å². The largest absolute Gasteiger partial charge is 0.352 e. The van der Waals surface area contributed by atoms with Crippen LogP contribution in [-0.2, 0) is 22.6 Å². The van der Waals surface area contributed by atoms with Crippen LogP contribution in [-0.4, -0.2) is 28.8 Å². The fourth-order valence-electron chi connectivity index (χ4n) is 3.32. The highest BCUT2D eigenvalue weighted by Gasteiger charge is 2.27. The highest BCUT2D eigenvalue weighted by atomic mass is 35.5. The Labute approximate surface area is 192 Å². The van der Waals surface area contributed by atoms with Gasteiger partial charge in [0.15, 0.2) is 0 Å². The molecule has 1 N–H and O–H groups in total. The standard InChI is InChI=1S/C26H35ClN2O2/c1-6-19(4)28-26(31)20(5)29(17-23-9-7-8-10-24(23)27)25(30)16-13-21-11-14-22(15-12-21)18(2)3/h7-12,14-15,18-20H,6,13,16-17H2,1-5H3,(H,28,31)/t19-,20-/m1/s1. The first-order chi connectivity index (χ1) is 14.7. The number of carbonyl (C=O) groups excluding carboxylic acids is 2. The minimum absolute atomic E-state index is 0.0559. The summed E-state index contributed by atoms with van der Waals surface area (Å²) in [6.07, 6.45) is 1.81. The molecule has 0 aliphatic carbocycles. The number of amides is 2. The second-order valence-electron chi connectivity index (χ2n) is 8.50. The average molecular weight is 443 g/mol. The third kappa shape index (κ3) is 7.39. The van der Waals surface area contributed by atoms with Gasteiger partial charge in [-0.05, 0) is 55.4 Å². The van der Waals surface area contributed by atoms with Crippen LogP contribution in [0.2, 0.25) is 5.02 Å². The quantitative estimate of drug-likeness (QED) is 0.510. The molecule has 0 aliphatic heterocycles. The van der Waals surface area contributed by atoms with Gasteiger partial charge in [-0.15, -0.1) is 0 Å².